The van der Waals surface area contributed by atoms with Crippen molar-refractivity contribution in [3.8, 4) is 5.75 Å². The Bertz CT molecular complexity index is 992. The zero-order valence-corrected chi connectivity index (χ0v) is 16.9. The third-order valence-corrected chi connectivity index (χ3v) is 4.93. The van der Waals surface area contributed by atoms with E-state index in [4.69, 9.17) is 4.74 Å². The van der Waals surface area contributed by atoms with Crippen LogP contribution in [0.5, 0.6) is 5.75 Å². The van der Waals surface area contributed by atoms with Gasteiger partial charge in [0.2, 0.25) is 5.82 Å². The molecule has 1 aromatic carbocycles. The predicted octanol–water partition coefficient (Wildman–Crippen LogP) is 2.68. The number of anilines is 1. The van der Waals surface area contributed by atoms with E-state index in [9.17, 15) is 4.79 Å². The van der Waals surface area contributed by atoms with Crippen molar-refractivity contribution < 1.29 is 9.53 Å². The first-order valence-electron chi connectivity index (χ1n) is 10.1. The largest absolute Gasteiger partial charge is 0.494 e. The maximum Gasteiger partial charge on any atom is 0.289 e. The maximum atomic E-state index is 12.7. The quantitative estimate of drug-likeness (QED) is 0.663. The van der Waals surface area contributed by atoms with Crippen molar-refractivity contribution in [1.82, 2.24) is 25.1 Å². The summed E-state index contributed by atoms with van der Waals surface area (Å²) >= 11 is 0. The highest BCUT2D eigenvalue weighted by Crippen LogP contribution is 2.26. The number of carbonyl (C=O) groups excluding carboxylic acids is 1. The number of nitrogens with one attached hydrogen (secondary N) is 1. The number of rotatable bonds is 7. The molecule has 8 heteroatoms. The van der Waals surface area contributed by atoms with Crippen LogP contribution in [-0.2, 0) is 13.6 Å². The Kier molecular flexibility index (Phi) is 5.59. The summed E-state index contributed by atoms with van der Waals surface area (Å²) in [5.41, 5.74) is 1.54. The Morgan fingerprint density at radius 2 is 1.93 bits per heavy atom. The Balaban J connectivity index is 1.49. The number of fused-ring (bicyclic) bond motifs is 1. The van der Waals surface area contributed by atoms with E-state index in [1.54, 1.807) is 4.68 Å². The zero-order valence-electron chi connectivity index (χ0n) is 16.9. The fraction of sp³-hybridized carbons (Fsp3) is 0.429. The zero-order chi connectivity index (χ0) is 20.2. The lowest BCUT2D eigenvalue weighted by molar-refractivity contribution is 0.0941. The normalized spacial score (nSPS) is 13.8. The van der Waals surface area contributed by atoms with Gasteiger partial charge >= 0.3 is 0 Å². The lowest BCUT2D eigenvalue weighted by Crippen LogP contribution is -2.27. The lowest BCUT2D eigenvalue weighted by Gasteiger charge is -2.17. The third kappa shape index (κ3) is 4.31. The standard InChI is InChI=1S/C21H26N6O2/c1-3-12-29-16-8-6-15(7-9-16)13-22-21(28)19-23-18-17(14-26(2)25-18)20(24-19)27-10-4-5-11-27/h6-9,14H,3-5,10-13H2,1-2H3,(H,22,28). The molecule has 1 saturated heterocycles. The van der Waals surface area contributed by atoms with Gasteiger partial charge in [0, 0.05) is 32.9 Å². The molecule has 2 aromatic heterocycles. The number of hydrogen-bond donors (Lipinski definition) is 1. The van der Waals surface area contributed by atoms with E-state index in [-0.39, 0.29) is 11.7 Å². The molecule has 1 fully saturated rings. The van der Waals surface area contributed by atoms with Crippen LogP contribution >= 0.6 is 0 Å². The van der Waals surface area contributed by atoms with E-state index >= 15 is 0 Å². The monoisotopic (exact) mass is 394 g/mol. The van der Waals surface area contributed by atoms with Crippen molar-refractivity contribution in [3.05, 3.63) is 41.9 Å². The molecule has 0 atom stereocenters. The van der Waals surface area contributed by atoms with Crippen LogP contribution in [0.2, 0.25) is 0 Å². The Hall–Kier alpha value is -3.16. The molecule has 1 N–H and O–H groups in total. The van der Waals surface area contributed by atoms with E-state index in [0.29, 0.717) is 18.8 Å². The smallest absolute Gasteiger partial charge is 0.289 e. The first-order valence-corrected chi connectivity index (χ1v) is 10.1. The first kappa shape index (κ1) is 19.2. The topological polar surface area (TPSA) is 85.2 Å². The number of aryl methyl sites for hydroxylation is 1. The molecule has 29 heavy (non-hydrogen) atoms. The number of amides is 1. The van der Waals surface area contributed by atoms with Crippen LogP contribution in [0.25, 0.3) is 11.0 Å². The molecule has 0 spiro atoms. The summed E-state index contributed by atoms with van der Waals surface area (Å²) in [6.07, 6.45) is 5.14. The number of hydrogen-bond acceptors (Lipinski definition) is 6. The molecule has 3 heterocycles. The van der Waals surface area contributed by atoms with Gasteiger partial charge in [0.25, 0.3) is 5.91 Å². The second-order valence-corrected chi connectivity index (χ2v) is 7.28. The van der Waals surface area contributed by atoms with Crippen LogP contribution in [0, 0.1) is 0 Å². The molecular weight excluding hydrogens is 368 g/mol. The van der Waals surface area contributed by atoms with Gasteiger partial charge in [-0.2, -0.15) is 5.10 Å². The SMILES string of the molecule is CCCOc1ccc(CNC(=O)c2nc(N3CCCC3)c3cn(C)nc3n2)cc1. The molecule has 0 aliphatic carbocycles. The minimum atomic E-state index is -0.302. The molecule has 0 saturated carbocycles. The van der Waals surface area contributed by atoms with Gasteiger partial charge in [-0.05, 0) is 37.0 Å². The fourth-order valence-electron chi connectivity index (χ4n) is 3.46. The summed E-state index contributed by atoms with van der Waals surface area (Å²) < 4.78 is 7.30. The first-order chi connectivity index (χ1) is 14.1. The molecule has 1 aliphatic heterocycles. The van der Waals surface area contributed by atoms with E-state index in [2.05, 4.69) is 32.2 Å². The average molecular weight is 394 g/mol. The number of benzene rings is 1. The van der Waals surface area contributed by atoms with Gasteiger partial charge in [-0.1, -0.05) is 19.1 Å². The lowest BCUT2D eigenvalue weighted by atomic mass is 10.2. The average Bonchev–Trinajstić information content (AvgIpc) is 3.39. The van der Waals surface area contributed by atoms with E-state index < -0.39 is 0 Å². The van der Waals surface area contributed by atoms with Crippen molar-refractivity contribution >= 4 is 22.8 Å². The van der Waals surface area contributed by atoms with E-state index in [0.717, 1.165) is 54.9 Å². The highest BCUT2D eigenvalue weighted by molar-refractivity contribution is 5.95. The highest BCUT2D eigenvalue weighted by atomic mass is 16.5. The summed E-state index contributed by atoms with van der Waals surface area (Å²) in [7, 11) is 1.85. The van der Waals surface area contributed by atoms with Crippen LogP contribution in [0.1, 0.15) is 42.4 Å². The fourth-order valence-corrected chi connectivity index (χ4v) is 3.46. The number of nitrogens with zero attached hydrogens (tertiary/aromatic N) is 5. The number of ether oxygens (including phenoxy) is 1. The molecule has 0 unspecified atom stereocenters. The van der Waals surface area contributed by atoms with Gasteiger partial charge in [-0.15, -0.1) is 0 Å². The van der Waals surface area contributed by atoms with Crippen molar-refractivity contribution in [2.45, 2.75) is 32.7 Å². The van der Waals surface area contributed by atoms with Gasteiger partial charge in [-0.25, -0.2) is 9.97 Å². The Labute approximate surface area is 169 Å². The second kappa shape index (κ2) is 8.46. The Morgan fingerprint density at radius 1 is 1.17 bits per heavy atom. The van der Waals surface area contributed by atoms with E-state index in [1.165, 1.54) is 0 Å². The molecule has 0 bridgehead atoms. The maximum absolute atomic E-state index is 12.7. The predicted molar refractivity (Wildman–Crippen MR) is 111 cm³/mol. The van der Waals surface area contributed by atoms with Gasteiger partial charge in [0.15, 0.2) is 5.65 Å². The minimum Gasteiger partial charge on any atom is -0.494 e. The molecule has 4 rings (SSSR count). The van der Waals surface area contributed by atoms with Crippen LogP contribution in [0.4, 0.5) is 5.82 Å². The summed E-state index contributed by atoms with van der Waals surface area (Å²) in [6.45, 7) is 5.05. The van der Waals surface area contributed by atoms with Crippen molar-refractivity contribution in [2.24, 2.45) is 7.05 Å². The van der Waals surface area contributed by atoms with Crippen LogP contribution < -0.4 is 15.0 Å². The van der Waals surface area contributed by atoms with Gasteiger partial charge < -0.3 is 15.0 Å². The van der Waals surface area contributed by atoms with Crippen molar-refractivity contribution in [3.63, 3.8) is 0 Å². The van der Waals surface area contributed by atoms with Crippen LogP contribution in [0.15, 0.2) is 30.5 Å². The number of aromatic nitrogens is 4. The number of carbonyl (C=O) groups is 1. The summed E-state index contributed by atoms with van der Waals surface area (Å²) in [4.78, 5) is 23.9. The third-order valence-electron chi connectivity index (χ3n) is 4.93. The molecule has 3 aromatic rings. The Morgan fingerprint density at radius 3 is 2.66 bits per heavy atom. The van der Waals surface area contributed by atoms with Gasteiger partial charge in [-0.3, -0.25) is 9.48 Å². The summed E-state index contributed by atoms with van der Waals surface area (Å²) in [5.74, 6) is 1.48. The molecule has 8 nitrogen and oxygen atoms in total. The van der Waals surface area contributed by atoms with Crippen LogP contribution in [-0.4, -0.2) is 45.4 Å². The van der Waals surface area contributed by atoms with Gasteiger partial charge in [0.1, 0.15) is 11.6 Å². The molecule has 1 amide bonds. The van der Waals surface area contributed by atoms with E-state index in [1.807, 2.05) is 37.5 Å². The minimum absolute atomic E-state index is 0.154. The molecule has 1 aliphatic rings. The highest BCUT2D eigenvalue weighted by Gasteiger charge is 2.22. The van der Waals surface area contributed by atoms with Crippen molar-refractivity contribution in [1.29, 1.82) is 0 Å². The molecule has 152 valence electrons. The second-order valence-electron chi connectivity index (χ2n) is 7.28. The summed E-state index contributed by atoms with van der Waals surface area (Å²) in [5, 5.41) is 8.18. The van der Waals surface area contributed by atoms with Crippen LogP contribution in [0.3, 0.4) is 0 Å². The molecular formula is C21H26N6O2. The molecule has 0 radical (unpaired) electrons. The summed E-state index contributed by atoms with van der Waals surface area (Å²) in [6, 6.07) is 7.73. The van der Waals surface area contributed by atoms with Crippen molar-refractivity contribution in [2.75, 3.05) is 24.6 Å². The van der Waals surface area contributed by atoms with Gasteiger partial charge in [0.05, 0.1) is 12.0 Å².